The van der Waals surface area contributed by atoms with Crippen molar-refractivity contribution in [3.05, 3.63) is 58.9 Å². The maximum Gasteiger partial charge on any atom is 0.255 e. The molecule has 23 heavy (non-hydrogen) atoms. The van der Waals surface area contributed by atoms with Gasteiger partial charge >= 0.3 is 0 Å². The van der Waals surface area contributed by atoms with Crippen LogP contribution >= 0.6 is 0 Å². The minimum atomic E-state index is -0.228. The molecule has 2 rings (SSSR count). The summed E-state index contributed by atoms with van der Waals surface area (Å²) in [5.41, 5.74) is 4.14. The average molecular weight is 311 g/mol. The van der Waals surface area contributed by atoms with Crippen LogP contribution in [0.4, 0.5) is 5.69 Å². The first-order valence-corrected chi connectivity index (χ1v) is 7.42. The predicted molar refractivity (Wildman–Crippen MR) is 90.5 cm³/mol. The molecule has 0 aliphatic carbocycles. The van der Waals surface area contributed by atoms with Crippen LogP contribution in [0.5, 0.6) is 0 Å². The number of rotatable bonds is 4. The number of hydrogen-bond acceptors (Lipinski definition) is 3. The zero-order valence-corrected chi connectivity index (χ0v) is 13.9. The molecule has 0 spiro atoms. The molecule has 0 saturated carbocycles. The van der Waals surface area contributed by atoms with E-state index >= 15 is 0 Å². The van der Waals surface area contributed by atoms with Gasteiger partial charge in [0.25, 0.3) is 5.91 Å². The topological polar surface area (TPSA) is 62.3 Å². The molecule has 1 aromatic carbocycles. The van der Waals surface area contributed by atoms with Crippen molar-refractivity contribution in [3.63, 3.8) is 0 Å². The van der Waals surface area contributed by atoms with Gasteiger partial charge in [0.05, 0.1) is 12.1 Å². The van der Waals surface area contributed by atoms with Gasteiger partial charge in [0.2, 0.25) is 5.91 Å². The zero-order valence-electron chi connectivity index (χ0n) is 13.9. The molecule has 5 nitrogen and oxygen atoms in total. The van der Waals surface area contributed by atoms with E-state index in [0.29, 0.717) is 5.56 Å². The van der Waals surface area contributed by atoms with Gasteiger partial charge < -0.3 is 10.2 Å². The van der Waals surface area contributed by atoms with Crippen molar-refractivity contribution in [2.24, 2.45) is 0 Å². The van der Waals surface area contributed by atoms with Crippen LogP contribution in [0.1, 0.15) is 27.2 Å². The number of carbonyl (C=O) groups is 2. The molecule has 1 heterocycles. The molecular formula is C18H21N3O2. The van der Waals surface area contributed by atoms with Gasteiger partial charge in [-0.3, -0.25) is 14.6 Å². The summed E-state index contributed by atoms with van der Waals surface area (Å²) in [6.45, 7) is 5.74. The Morgan fingerprint density at radius 3 is 2.52 bits per heavy atom. The van der Waals surface area contributed by atoms with E-state index in [0.717, 1.165) is 22.5 Å². The van der Waals surface area contributed by atoms with Crippen molar-refractivity contribution in [3.8, 4) is 0 Å². The van der Waals surface area contributed by atoms with Gasteiger partial charge in [0.15, 0.2) is 0 Å². The van der Waals surface area contributed by atoms with Gasteiger partial charge in [-0.15, -0.1) is 0 Å². The Kier molecular flexibility index (Phi) is 5.11. The monoisotopic (exact) mass is 311 g/mol. The molecule has 0 aliphatic heterocycles. The molecule has 1 aromatic heterocycles. The van der Waals surface area contributed by atoms with Crippen LogP contribution in [-0.4, -0.2) is 35.3 Å². The number of aryl methyl sites for hydroxylation is 3. The quantitative estimate of drug-likeness (QED) is 0.944. The first-order valence-electron chi connectivity index (χ1n) is 7.42. The van der Waals surface area contributed by atoms with Crippen molar-refractivity contribution in [2.75, 3.05) is 18.9 Å². The SMILES string of the molecule is Cc1ccc(C)c(NC(=O)CN(C)C(=O)c2ccc(C)nc2)c1. The number of likely N-dealkylation sites (N-methyl/N-ethyl adjacent to an activating group) is 1. The summed E-state index contributed by atoms with van der Waals surface area (Å²) in [5, 5.41) is 2.85. The number of benzene rings is 1. The Hall–Kier alpha value is -2.69. The van der Waals surface area contributed by atoms with Crippen molar-refractivity contribution in [1.82, 2.24) is 9.88 Å². The lowest BCUT2D eigenvalue weighted by molar-refractivity contribution is -0.116. The summed E-state index contributed by atoms with van der Waals surface area (Å²) < 4.78 is 0. The fourth-order valence-electron chi connectivity index (χ4n) is 2.16. The average Bonchev–Trinajstić information content (AvgIpc) is 2.51. The van der Waals surface area contributed by atoms with E-state index in [1.807, 2.05) is 39.0 Å². The second kappa shape index (κ2) is 7.05. The summed E-state index contributed by atoms with van der Waals surface area (Å²) in [5.74, 6) is -0.455. The van der Waals surface area contributed by atoms with Crippen LogP contribution in [0.2, 0.25) is 0 Å². The predicted octanol–water partition coefficient (Wildman–Crippen LogP) is 2.72. The van der Waals surface area contributed by atoms with Gasteiger partial charge in [-0.05, 0) is 50.1 Å². The molecule has 5 heteroatoms. The van der Waals surface area contributed by atoms with Crippen LogP contribution in [0.3, 0.4) is 0 Å². The number of pyridine rings is 1. The minimum Gasteiger partial charge on any atom is -0.332 e. The van der Waals surface area contributed by atoms with Crippen LogP contribution < -0.4 is 5.32 Å². The molecule has 2 amide bonds. The first kappa shape index (κ1) is 16.7. The number of amides is 2. The summed E-state index contributed by atoms with van der Waals surface area (Å²) >= 11 is 0. The van der Waals surface area contributed by atoms with E-state index < -0.39 is 0 Å². The van der Waals surface area contributed by atoms with Gasteiger partial charge in [0.1, 0.15) is 0 Å². The van der Waals surface area contributed by atoms with Gasteiger partial charge in [0, 0.05) is 24.6 Å². The van der Waals surface area contributed by atoms with E-state index in [9.17, 15) is 9.59 Å². The number of aromatic nitrogens is 1. The smallest absolute Gasteiger partial charge is 0.255 e. The van der Waals surface area contributed by atoms with E-state index in [4.69, 9.17) is 0 Å². The highest BCUT2D eigenvalue weighted by atomic mass is 16.2. The standard InChI is InChI=1S/C18H21N3O2/c1-12-5-6-13(2)16(9-12)20-17(22)11-21(4)18(23)15-8-7-14(3)19-10-15/h5-10H,11H2,1-4H3,(H,20,22). The van der Waals surface area contributed by atoms with Gasteiger partial charge in [-0.1, -0.05) is 12.1 Å². The molecule has 0 aliphatic rings. The zero-order chi connectivity index (χ0) is 17.0. The Morgan fingerprint density at radius 2 is 1.87 bits per heavy atom. The second-order valence-electron chi connectivity index (χ2n) is 5.72. The highest BCUT2D eigenvalue weighted by molar-refractivity contribution is 5.99. The maximum atomic E-state index is 12.3. The molecule has 120 valence electrons. The number of nitrogens with one attached hydrogen (secondary N) is 1. The molecule has 1 N–H and O–H groups in total. The van der Waals surface area contributed by atoms with Crippen LogP contribution in [0, 0.1) is 20.8 Å². The second-order valence-corrected chi connectivity index (χ2v) is 5.72. The van der Waals surface area contributed by atoms with E-state index in [1.54, 1.807) is 19.2 Å². The van der Waals surface area contributed by atoms with Crippen molar-refractivity contribution in [2.45, 2.75) is 20.8 Å². The van der Waals surface area contributed by atoms with Crippen LogP contribution in [-0.2, 0) is 4.79 Å². The molecule has 0 bridgehead atoms. The summed E-state index contributed by atoms with van der Waals surface area (Å²) in [6, 6.07) is 9.35. The number of anilines is 1. The highest BCUT2D eigenvalue weighted by Crippen LogP contribution is 2.16. The number of hydrogen-bond donors (Lipinski definition) is 1. The number of nitrogens with zero attached hydrogens (tertiary/aromatic N) is 2. The lowest BCUT2D eigenvalue weighted by Gasteiger charge is -2.17. The molecule has 0 radical (unpaired) electrons. The highest BCUT2D eigenvalue weighted by Gasteiger charge is 2.15. The van der Waals surface area contributed by atoms with Gasteiger partial charge in [-0.25, -0.2) is 0 Å². The normalized spacial score (nSPS) is 10.3. The lowest BCUT2D eigenvalue weighted by Crippen LogP contribution is -2.35. The molecule has 0 unspecified atom stereocenters. The Morgan fingerprint density at radius 1 is 1.13 bits per heavy atom. The first-order chi connectivity index (χ1) is 10.9. The third-order valence-electron chi connectivity index (χ3n) is 3.55. The maximum absolute atomic E-state index is 12.3. The third-order valence-corrected chi connectivity index (χ3v) is 3.55. The van der Waals surface area contributed by atoms with E-state index in [2.05, 4.69) is 10.3 Å². The molecule has 0 atom stereocenters. The Labute approximate surface area is 136 Å². The third kappa shape index (κ3) is 4.39. The van der Waals surface area contributed by atoms with Crippen LogP contribution in [0.15, 0.2) is 36.5 Å². The van der Waals surface area contributed by atoms with Crippen molar-refractivity contribution >= 4 is 17.5 Å². The summed E-state index contributed by atoms with van der Waals surface area (Å²) in [7, 11) is 1.60. The van der Waals surface area contributed by atoms with Gasteiger partial charge in [-0.2, -0.15) is 0 Å². The van der Waals surface area contributed by atoms with E-state index in [-0.39, 0.29) is 18.4 Å². The number of carbonyl (C=O) groups excluding carboxylic acids is 2. The Balaban J connectivity index is 2.00. The lowest BCUT2D eigenvalue weighted by atomic mass is 10.1. The Bertz CT molecular complexity index is 724. The fourth-order valence-corrected chi connectivity index (χ4v) is 2.16. The molecule has 2 aromatic rings. The summed E-state index contributed by atoms with van der Waals surface area (Å²) in [4.78, 5) is 29.9. The summed E-state index contributed by atoms with van der Waals surface area (Å²) in [6.07, 6.45) is 1.52. The molecular weight excluding hydrogens is 290 g/mol. The largest absolute Gasteiger partial charge is 0.332 e. The fraction of sp³-hybridized carbons (Fsp3) is 0.278. The van der Waals surface area contributed by atoms with Crippen LogP contribution in [0.25, 0.3) is 0 Å². The van der Waals surface area contributed by atoms with Crippen molar-refractivity contribution in [1.29, 1.82) is 0 Å². The van der Waals surface area contributed by atoms with E-state index in [1.165, 1.54) is 11.1 Å². The molecule has 0 saturated heterocycles. The van der Waals surface area contributed by atoms with Crippen molar-refractivity contribution < 1.29 is 9.59 Å². The molecule has 0 fully saturated rings. The minimum absolute atomic E-state index is 0.0138.